The summed E-state index contributed by atoms with van der Waals surface area (Å²) in [5.41, 5.74) is 1.47. The van der Waals surface area contributed by atoms with Gasteiger partial charge in [-0.2, -0.15) is 0 Å². The van der Waals surface area contributed by atoms with Crippen LogP contribution in [0.1, 0.15) is 35.9 Å². The summed E-state index contributed by atoms with van der Waals surface area (Å²) in [7, 11) is 0. The van der Waals surface area contributed by atoms with Crippen LogP contribution in [0.25, 0.3) is 11.0 Å². The number of imidazole rings is 1. The van der Waals surface area contributed by atoms with Crippen molar-refractivity contribution in [2.75, 3.05) is 0 Å². The van der Waals surface area contributed by atoms with Gasteiger partial charge in [0.15, 0.2) is 0 Å². The Bertz CT molecular complexity index is 560. The first kappa shape index (κ1) is 11.0. The van der Waals surface area contributed by atoms with Crippen molar-refractivity contribution in [1.82, 2.24) is 9.97 Å². The van der Waals surface area contributed by atoms with Gasteiger partial charge in [-0.1, -0.05) is 25.4 Å². The first-order chi connectivity index (χ1) is 7.49. The molecule has 2 N–H and O–H groups in total. The number of halogens is 1. The van der Waals surface area contributed by atoms with Gasteiger partial charge < -0.3 is 10.1 Å². The number of carbonyl (C=O) groups is 1. The highest BCUT2D eigenvalue weighted by molar-refractivity contribution is 6.34. The van der Waals surface area contributed by atoms with Gasteiger partial charge in [-0.3, -0.25) is 0 Å². The summed E-state index contributed by atoms with van der Waals surface area (Å²) in [4.78, 5) is 18.3. The van der Waals surface area contributed by atoms with Crippen LogP contribution >= 0.6 is 11.6 Å². The van der Waals surface area contributed by atoms with E-state index in [-0.39, 0.29) is 16.5 Å². The van der Waals surface area contributed by atoms with E-state index >= 15 is 0 Å². The fourth-order valence-electron chi connectivity index (χ4n) is 1.49. The van der Waals surface area contributed by atoms with Gasteiger partial charge in [-0.25, -0.2) is 9.78 Å². The van der Waals surface area contributed by atoms with Crippen LogP contribution in [0.3, 0.4) is 0 Å². The second kappa shape index (κ2) is 3.79. The maximum Gasteiger partial charge on any atom is 0.337 e. The van der Waals surface area contributed by atoms with Crippen LogP contribution in [0.2, 0.25) is 5.02 Å². The van der Waals surface area contributed by atoms with E-state index in [4.69, 9.17) is 16.7 Å². The van der Waals surface area contributed by atoms with Gasteiger partial charge in [-0.15, -0.1) is 0 Å². The van der Waals surface area contributed by atoms with Crippen LogP contribution in [0.15, 0.2) is 12.1 Å². The summed E-state index contributed by atoms with van der Waals surface area (Å²) < 4.78 is 0. The van der Waals surface area contributed by atoms with E-state index < -0.39 is 5.97 Å². The fraction of sp³-hybridized carbons (Fsp3) is 0.273. The van der Waals surface area contributed by atoms with E-state index in [9.17, 15) is 4.79 Å². The number of nitrogens with one attached hydrogen (secondary N) is 1. The number of rotatable bonds is 2. The molecule has 0 unspecified atom stereocenters. The smallest absolute Gasteiger partial charge is 0.337 e. The zero-order chi connectivity index (χ0) is 11.9. The lowest BCUT2D eigenvalue weighted by Crippen LogP contribution is -1.96. The molecule has 0 aliphatic heterocycles. The van der Waals surface area contributed by atoms with E-state index in [0.29, 0.717) is 5.52 Å². The second-order valence-corrected chi connectivity index (χ2v) is 4.34. The molecule has 0 bridgehead atoms. The van der Waals surface area contributed by atoms with Crippen molar-refractivity contribution in [2.45, 2.75) is 19.8 Å². The van der Waals surface area contributed by atoms with Crippen molar-refractivity contribution >= 4 is 28.6 Å². The average Bonchev–Trinajstić information content (AvgIpc) is 2.58. The Balaban J connectivity index is 2.65. The molecule has 16 heavy (non-hydrogen) atoms. The molecule has 0 spiro atoms. The van der Waals surface area contributed by atoms with E-state index in [1.807, 2.05) is 13.8 Å². The maximum atomic E-state index is 10.9. The molecule has 5 heteroatoms. The lowest BCUT2D eigenvalue weighted by molar-refractivity contribution is 0.0697. The summed E-state index contributed by atoms with van der Waals surface area (Å²) in [6.45, 7) is 4.02. The Morgan fingerprint density at radius 1 is 1.50 bits per heavy atom. The molecule has 1 heterocycles. The monoisotopic (exact) mass is 238 g/mol. The van der Waals surface area contributed by atoms with Gasteiger partial charge >= 0.3 is 5.97 Å². The zero-order valence-electron chi connectivity index (χ0n) is 8.91. The molecule has 0 fully saturated rings. The number of carboxylic acids is 1. The SMILES string of the molecule is CC(C)c1nc2cc(C(=O)O)c(Cl)cc2[nH]1. The third-order valence-electron chi connectivity index (χ3n) is 2.37. The van der Waals surface area contributed by atoms with Crippen molar-refractivity contribution < 1.29 is 9.90 Å². The number of H-pyrrole nitrogens is 1. The van der Waals surface area contributed by atoms with Crippen LogP contribution in [0, 0.1) is 0 Å². The number of aromatic amines is 1. The average molecular weight is 239 g/mol. The number of nitrogens with zero attached hydrogens (tertiary/aromatic N) is 1. The summed E-state index contributed by atoms with van der Waals surface area (Å²) in [6, 6.07) is 3.08. The maximum absolute atomic E-state index is 10.9. The van der Waals surface area contributed by atoms with E-state index in [2.05, 4.69) is 9.97 Å². The molecule has 84 valence electrons. The summed E-state index contributed by atoms with van der Waals surface area (Å²) in [5.74, 6) is 0.0501. The minimum Gasteiger partial charge on any atom is -0.478 e. The van der Waals surface area contributed by atoms with Crippen molar-refractivity contribution in [3.63, 3.8) is 0 Å². The Kier molecular flexibility index (Phi) is 2.59. The molecule has 1 aromatic heterocycles. The summed E-state index contributed by atoms with van der Waals surface area (Å²) in [5, 5.41) is 9.14. The predicted molar refractivity (Wildman–Crippen MR) is 62.2 cm³/mol. The highest BCUT2D eigenvalue weighted by atomic mass is 35.5. The van der Waals surface area contributed by atoms with Gasteiger partial charge in [0.2, 0.25) is 0 Å². The van der Waals surface area contributed by atoms with Crippen molar-refractivity contribution in [3.8, 4) is 0 Å². The van der Waals surface area contributed by atoms with Gasteiger partial charge in [0, 0.05) is 5.92 Å². The standard InChI is InChI=1S/C11H11ClN2O2/c1-5(2)10-13-8-3-6(11(15)16)7(12)4-9(8)14-10/h3-5H,1-2H3,(H,13,14)(H,15,16). The second-order valence-electron chi connectivity index (χ2n) is 3.93. The van der Waals surface area contributed by atoms with Gasteiger partial charge in [0.25, 0.3) is 0 Å². The van der Waals surface area contributed by atoms with Crippen LogP contribution in [-0.4, -0.2) is 21.0 Å². The first-order valence-electron chi connectivity index (χ1n) is 4.91. The Morgan fingerprint density at radius 3 is 2.75 bits per heavy atom. The van der Waals surface area contributed by atoms with Crippen LogP contribution in [0.4, 0.5) is 0 Å². The Hall–Kier alpha value is -1.55. The van der Waals surface area contributed by atoms with E-state index in [1.54, 1.807) is 6.07 Å². The Morgan fingerprint density at radius 2 is 2.19 bits per heavy atom. The molecule has 0 amide bonds. The van der Waals surface area contributed by atoms with Crippen LogP contribution in [0.5, 0.6) is 0 Å². The first-order valence-corrected chi connectivity index (χ1v) is 5.29. The molecule has 0 saturated carbocycles. The highest BCUT2D eigenvalue weighted by Crippen LogP contribution is 2.24. The largest absolute Gasteiger partial charge is 0.478 e. The Labute approximate surface area is 97.3 Å². The molecule has 0 aliphatic carbocycles. The van der Waals surface area contributed by atoms with Gasteiger partial charge in [0.05, 0.1) is 21.6 Å². The minimum absolute atomic E-state index is 0.0796. The highest BCUT2D eigenvalue weighted by Gasteiger charge is 2.13. The number of benzene rings is 1. The molecule has 1 aromatic carbocycles. The lowest BCUT2D eigenvalue weighted by atomic mass is 10.2. The summed E-state index contributed by atoms with van der Waals surface area (Å²) in [6.07, 6.45) is 0. The van der Waals surface area contributed by atoms with E-state index in [1.165, 1.54) is 6.07 Å². The molecule has 0 atom stereocenters. The number of aromatic carboxylic acids is 1. The molecule has 4 nitrogen and oxygen atoms in total. The zero-order valence-corrected chi connectivity index (χ0v) is 9.67. The number of fused-ring (bicyclic) bond motifs is 1. The number of carboxylic acid groups (broad SMARTS) is 1. The fourth-order valence-corrected chi connectivity index (χ4v) is 1.73. The molecule has 2 aromatic rings. The van der Waals surface area contributed by atoms with Gasteiger partial charge in [-0.05, 0) is 12.1 Å². The molecule has 0 aliphatic rings. The molecule has 2 rings (SSSR count). The summed E-state index contributed by atoms with van der Waals surface area (Å²) >= 11 is 5.86. The lowest BCUT2D eigenvalue weighted by Gasteiger charge is -1.97. The quantitative estimate of drug-likeness (QED) is 0.845. The number of hydrogen-bond acceptors (Lipinski definition) is 2. The molecular formula is C11H11ClN2O2. The molecule has 0 saturated heterocycles. The third kappa shape index (κ3) is 1.76. The van der Waals surface area contributed by atoms with Gasteiger partial charge in [0.1, 0.15) is 5.82 Å². The number of hydrogen-bond donors (Lipinski definition) is 2. The molecule has 0 radical (unpaired) electrons. The number of aromatic nitrogens is 2. The van der Waals surface area contributed by atoms with E-state index in [0.717, 1.165) is 11.3 Å². The van der Waals surface area contributed by atoms with Crippen molar-refractivity contribution in [1.29, 1.82) is 0 Å². The normalized spacial score (nSPS) is 11.2. The minimum atomic E-state index is -1.04. The van der Waals surface area contributed by atoms with Crippen LogP contribution < -0.4 is 0 Å². The topological polar surface area (TPSA) is 66.0 Å². The van der Waals surface area contributed by atoms with Crippen LogP contribution in [-0.2, 0) is 0 Å². The van der Waals surface area contributed by atoms with Crippen molar-refractivity contribution in [2.24, 2.45) is 0 Å². The molecular weight excluding hydrogens is 228 g/mol. The van der Waals surface area contributed by atoms with Crippen molar-refractivity contribution in [3.05, 3.63) is 28.5 Å². The predicted octanol–water partition coefficient (Wildman–Crippen LogP) is 3.04. The third-order valence-corrected chi connectivity index (χ3v) is 2.68.